The van der Waals surface area contributed by atoms with Gasteiger partial charge in [0.1, 0.15) is 0 Å². The van der Waals surface area contributed by atoms with Crippen molar-refractivity contribution in [3.05, 3.63) is 82.6 Å². The molecule has 1 heterocycles. The second-order valence-corrected chi connectivity index (χ2v) is 7.98. The Hall–Kier alpha value is -3.12. The fourth-order valence-corrected chi connectivity index (χ4v) is 4.34. The van der Waals surface area contributed by atoms with Crippen molar-refractivity contribution >= 4 is 39.3 Å². The molecule has 6 heteroatoms. The van der Waals surface area contributed by atoms with E-state index < -0.39 is 0 Å². The highest BCUT2D eigenvalue weighted by Crippen LogP contribution is 2.22. The summed E-state index contributed by atoms with van der Waals surface area (Å²) in [5, 5.41) is 6.18. The number of aromatic nitrogens is 2. The van der Waals surface area contributed by atoms with E-state index in [9.17, 15) is 9.59 Å². The molecular weight excluding hydrogens is 394 g/mol. The van der Waals surface area contributed by atoms with Crippen molar-refractivity contribution in [2.75, 3.05) is 12.3 Å². The molecule has 0 saturated heterocycles. The lowest BCUT2D eigenvalue weighted by atomic mass is 10.1. The van der Waals surface area contributed by atoms with Gasteiger partial charge in [0.25, 0.3) is 5.56 Å². The van der Waals surface area contributed by atoms with Crippen LogP contribution in [0.1, 0.15) is 12.5 Å². The minimum atomic E-state index is -0.0692. The smallest absolute Gasteiger partial charge is 0.262 e. The van der Waals surface area contributed by atoms with Crippen molar-refractivity contribution in [2.45, 2.75) is 25.0 Å². The summed E-state index contributed by atoms with van der Waals surface area (Å²) in [5.41, 5.74) is 1.78. The van der Waals surface area contributed by atoms with Gasteiger partial charge in [0, 0.05) is 13.1 Å². The van der Waals surface area contributed by atoms with E-state index in [4.69, 9.17) is 4.98 Å². The Morgan fingerprint density at radius 3 is 2.47 bits per heavy atom. The molecule has 0 aliphatic heterocycles. The van der Waals surface area contributed by atoms with Gasteiger partial charge in [-0.3, -0.25) is 14.2 Å². The lowest BCUT2D eigenvalue weighted by Crippen LogP contribution is -2.28. The van der Waals surface area contributed by atoms with Crippen molar-refractivity contribution in [3.8, 4) is 0 Å². The number of nitrogens with zero attached hydrogens (tertiary/aromatic N) is 2. The van der Waals surface area contributed by atoms with Gasteiger partial charge in [-0.25, -0.2) is 4.98 Å². The molecule has 1 aromatic heterocycles. The van der Waals surface area contributed by atoms with Crippen molar-refractivity contribution < 1.29 is 4.79 Å². The minimum Gasteiger partial charge on any atom is -0.355 e. The van der Waals surface area contributed by atoms with Crippen molar-refractivity contribution in [3.63, 3.8) is 0 Å². The normalized spacial score (nSPS) is 11.1. The van der Waals surface area contributed by atoms with Crippen LogP contribution in [0.15, 0.2) is 76.7 Å². The standard InChI is InChI=1S/C24H23N3O2S/c1-2-27-23(29)20-14-18-10-6-7-11-19(18)15-21(20)26-24(27)30-16-22(28)25-13-12-17-8-4-3-5-9-17/h3-11,14-15H,2,12-13,16H2,1H3,(H,25,28). The first-order chi connectivity index (χ1) is 14.7. The van der Waals surface area contributed by atoms with Crippen LogP contribution < -0.4 is 10.9 Å². The van der Waals surface area contributed by atoms with Gasteiger partial charge in [0.15, 0.2) is 5.16 Å². The van der Waals surface area contributed by atoms with E-state index in [1.165, 1.54) is 17.3 Å². The van der Waals surface area contributed by atoms with Gasteiger partial charge in [0.2, 0.25) is 5.91 Å². The van der Waals surface area contributed by atoms with E-state index in [2.05, 4.69) is 5.32 Å². The van der Waals surface area contributed by atoms with Crippen LogP contribution in [0.3, 0.4) is 0 Å². The van der Waals surface area contributed by atoms with Crippen LogP contribution >= 0.6 is 11.8 Å². The summed E-state index contributed by atoms with van der Waals surface area (Å²) in [5.74, 6) is 0.159. The number of benzene rings is 3. The number of nitrogens with one attached hydrogen (secondary N) is 1. The zero-order chi connectivity index (χ0) is 20.9. The molecule has 4 aromatic rings. The Labute approximate surface area is 179 Å². The van der Waals surface area contributed by atoms with Crippen LogP contribution in [0.2, 0.25) is 0 Å². The largest absolute Gasteiger partial charge is 0.355 e. The number of fused-ring (bicyclic) bond motifs is 2. The molecule has 3 aromatic carbocycles. The first-order valence-corrected chi connectivity index (χ1v) is 11.0. The molecule has 0 saturated carbocycles. The summed E-state index contributed by atoms with van der Waals surface area (Å²) < 4.78 is 1.64. The molecule has 0 radical (unpaired) electrons. The Morgan fingerprint density at radius 1 is 1.03 bits per heavy atom. The van der Waals surface area contributed by atoms with E-state index in [-0.39, 0.29) is 17.2 Å². The SMILES string of the molecule is CCn1c(SCC(=O)NCCc2ccccc2)nc2cc3ccccc3cc2c1=O. The molecule has 4 rings (SSSR count). The first-order valence-electron chi connectivity index (χ1n) is 10.0. The van der Waals surface area contributed by atoms with E-state index >= 15 is 0 Å². The van der Waals surface area contributed by atoms with Crippen molar-refractivity contribution in [1.82, 2.24) is 14.9 Å². The summed E-state index contributed by atoms with van der Waals surface area (Å²) >= 11 is 1.30. The molecule has 0 fully saturated rings. The number of thioether (sulfide) groups is 1. The van der Waals surface area contributed by atoms with Crippen LogP contribution in [0.4, 0.5) is 0 Å². The van der Waals surface area contributed by atoms with E-state index in [0.29, 0.717) is 29.1 Å². The van der Waals surface area contributed by atoms with Gasteiger partial charge in [-0.1, -0.05) is 66.4 Å². The molecule has 0 bridgehead atoms. The lowest BCUT2D eigenvalue weighted by molar-refractivity contribution is -0.118. The quantitative estimate of drug-likeness (QED) is 0.280. The molecular formula is C24H23N3O2S. The summed E-state index contributed by atoms with van der Waals surface area (Å²) in [7, 11) is 0. The number of hydrogen-bond donors (Lipinski definition) is 1. The maximum atomic E-state index is 13.0. The van der Waals surface area contributed by atoms with Crippen LogP contribution in [-0.4, -0.2) is 27.8 Å². The Kier molecular flexibility index (Phi) is 6.14. The third kappa shape index (κ3) is 4.39. The molecule has 0 spiro atoms. The number of rotatable bonds is 7. The lowest BCUT2D eigenvalue weighted by Gasteiger charge is -2.12. The molecule has 0 aliphatic rings. The monoisotopic (exact) mass is 417 g/mol. The molecule has 1 N–H and O–H groups in total. The second kappa shape index (κ2) is 9.13. The highest BCUT2D eigenvalue weighted by Gasteiger charge is 2.13. The summed E-state index contributed by atoms with van der Waals surface area (Å²) in [6.07, 6.45) is 0.790. The number of amides is 1. The third-order valence-electron chi connectivity index (χ3n) is 5.01. The Bertz CT molecular complexity index is 1250. The fourth-order valence-electron chi connectivity index (χ4n) is 3.45. The average Bonchev–Trinajstić information content (AvgIpc) is 2.77. The van der Waals surface area contributed by atoms with Gasteiger partial charge >= 0.3 is 0 Å². The highest BCUT2D eigenvalue weighted by atomic mass is 32.2. The zero-order valence-electron chi connectivity index (χ0n) is 16.8. The molecule has 0 atom stereocenters. The van der Waals surface area contributed by atoms with Gasteiger partial charge < -0.3 is 5.32 Å². The Balaban J connectivity index is 1.49. The topological polar surface area (TPSA) is 64.0 Å². The van der Waals surface area contributed by atoms with Gasteiger partial charge in [-0.05, 0) is 41.8 Å². The highest BCUT2D eigenvalue weighted by molar-refractivity contribution is 7.99. The molecule has 0 aliphatic carbocycles. The predicted octanol–water partition coefficient (Wildman–Crippen LogP) is 4.02. The van der Waals surface area contributed by atoms with E-state index in [1.807, 2.05) is 73.7 Å². The predicted molar refractivity (Wildman–Crippen MR) is 123 cm³/mol. The van der Waals surface area contributed by atoms with Gasteiger partial charge in [-0.2, -0.15) is 0 Å². The molecule has 5 nitrogen and oxygen atoms in total. The van der Waals surface area contributed by atoms with Crippen molar-refractivity contribution in [1.29, 1.82) is 0 Å². The molecule has 1 amide bonds. The van der Waals surface area contributed by atoms with Crippen LogP contribution in [0.5, 0.6) is 0 Å². The average molecular weight is 418 g/mol. The van der Waals surface area contributed by atoms with Crippen molar-refractivity contribution in [2.24, 2.45) is 0 Å². The van der Waals surface area contributed by atoms with Crippen LogP contribution in [0.25, 0.3) is 21.7 Å². The van der Waals surface area contributed by atoms with Gasteiger partial charge in [-0.15, -0.1) is 0 Å². The summed E-state index contributed by atoms with van der Waals surface area (Å²) in [6, 6.07) is 21.8. The van der Waals surface area contributed by atoms with E-state index in [1.54, 1.807) is 4.57 Å². The summed E-state index contributed by atoms with van der Waals surface area (Å²) in [4.78, 5) is 30.0. The second-order valence-electron chi connectivity index (χ2n) is 7.03. The molecule has 152 valence electrons. The maximum Gasteiger partial charge on any atom is 0.262 e. The number of hydrogen-bond acceptors (Lipinski definition) is 4. The Morgan fingerprint density at radius 2 is 1.73 bits per heavy atom. The van der Waals surface area contributed by atoms with E-state index in [0.717, 1.165) is 17.2 Å². The number of carbonyl (C=O) groups excluding carboxylic acids is 1. The molecule has 0 unspecified atom stereocenters. The first kappa shape index (κ1) is 20.2. The maximum absolute atomic E-state index is 13.0. The van der Waals surface area contributed by atoms with Gasteiger partial charge in [0.05, 0.1) is 16.7 Å². The number of carbonyl (C=O) groups is 1. The zero-order valence-corrected chi connectivity index (χ0v) is 17.6. The minimum absolute atomic E-state index is 0.0635. The van der Waals surface area contributed by atoms with Crippen LogP contribution in [-0.2, 0) is 17.8 Å². The fraction of sp³-hybridized carbons (Fsp3) is 0.208. The summed E-state index contributed by atoms with van der Waals surface area (Å²) in [6.45, 7) is 3.01. The third-order valence-corrected chi connectivity index (χ3v) is 5.99. The molecule has 30 heavy (non-hydrogen) atoms. The van der Waals surface area contributed by atoms with Crippen LogP contribution in [0, 0.1) is 0 Å².